The Labute approximate surface area is 88.7 Å². The number of rotatable bonds is 3. The average molecular weight is 211 g/mol. The summed E-state index contributed by atoms with van der Waals surface area (Å²) < 4.78 is 2.03. The van der Waals surface area contributed by atoms with E-state index in [0.29, 0.717) is 6.54 Å². The van der Waals surface area contributed by atoms with Gasteiger partial charge in [-0.15, -0.1) is 10.2 Å². The molecule has 2 rings (SSSR count). The van der Waals surface area contributed by atoms with Gasteiger partial charge in [0.2, 0.25) is 0 Å². The van der Waals surface area contributed by atoms with Crippen LogP contribution in [0.1, 0.15) is 12.7 Å². The van der Waals surface area contributed by atoms with Crippen LogP contribution in [0.3, 0.4) is 0 Å². The smallest absolute Gasteiger partial charge is 0.147 e. The Morgan fingerprint density at radius 1 is 1.60 bits per heavy atom. The lowest BCUT2D eigenvalue weighted by atomic mass is 10.1. The van der Waals surface area contributed by atoms with Crippen molar-refractivity contribution in [3.63, 3.8) is 0 Å². The van der Waals surface area contributed by atoms with E-state index in [1.165, 1.54) is 0 Å². The molecule has 6 nitrogen and oxygen atoms in total. The van der Waals surface area contributed by atoms with Crippen molar-refractivity contribution < 1.29 is 5.11 Å². The molecule has 1 aromatic rings. The molecule has 1 aliphatic heterocycles. The first-order valence-corrected chi connectivity index (χ1v) is 5.19. The minimum Gasteiger partial charge on any atom is -0.395 e. The van der Waals surface area contributed by atoms with Gasteiger partial charge in [-0.25, -0.2) is 0 Å². The summed E-state index contributed by atoms with van der Waals surface area (Å²) in [7, 11) is 0. The second kappa shape index (κ2) is 4.26. The molecule has 0 spiro atoms. The summed E-state index contributed by atoms with van der Waals surface area (Å²) in [5.41, 5.74) is 5.83. The Morgan fingerprint density at radius 2 is 2.40 bits per heavy atom. The van der Waals surface area contributed by atoms with Crippen LogP contribution < -0.4 is 5.73 Å². The second-order valence-corrected chi connectivity index (χ2v) is 4.02. The summed E-state index contributed by atoms with van der Waals surface area (Å²) in [5, 5.41) is 17.2. The van der Waals surface area contributed by atoms with Gasteiger partial charge in [0.05, 0.1) is 13.2 Å². The molecule has 2 heterocycles. The Bertz CT molecular complexity index is 324. The van der Waals surface area contributed by atoms with Crippen molar-refractivity contribution in [1.82, 2.24) is 19.7 Å². The van der Waals surface area contributed by atoms with Crippen molar-refractivity contribution in [2.24, 2.45) is 5.73 Å². The van der Waals surface area contributed by atoms with Gasteiger partial charge >= 0.3 is 0 Å². The van der Waals surface area contributed by atoms with Crippen molar-refractivity contribution >= 4 is 0 Å². The third-order valence-corrected chi connectivity index (χ3v) is 2.93. The molecule has 0 aliphatic carbocycles. The lowest BCUT2D eigenvalue weighted by Crippen LogP contribution is -2.51. The van der Waals surface area contributed by atoms with E-state index >= 15 is 0 Å². The number of nitrogens with two attached hydrogens (primary N) is 1. The molecule has 0 aromatic carbocycles. The van der Waals surface area contributed by atoms with Gasteiger partial charge in [-0.2, -0.15) is 0 Å². The van der Waals surface area contributed by atoms with Gasteiger partial charge in [-0.05, 0) is 6.92 Å². The van der Waals surface area contributed by atoms with E-state index in [9.17, 15) is 5.11 Å². The van der Waals surface area contributed by atoms with Gasteiger partial charge < -0.3 is 15.4 Å². The molecular formula is C9H17N5O. The van der Waals surface area contributed by atoms with E-state index in [2.05, 4.69) is 15.1 Å². The van der Waals surface area contributed by atoms with Gasteiger partial charge in [0, 0.05) is 25.2 Å². The highest BCUT2D eigenvalue weighted by Crippen LogP contribution is 2.13. The van der Waals surface area contributed by atoms with Crippen LogP contribution >= 0.6 is 0 Å². The second-order valence-electron chi connectivity index (χ2n) is 4.02. The summed E-state index contributed by atoms with van der Waals surface area (Å²) in [6, 6.07) is -0.0279. The predicted molar refractivity (Wildman–Crippen MR) is 55.0 cm³/mol. The highest BCUT2D eigenvalue weighted by molar-refractivity contribution is 4.93. The molecule has 0 saturated carbocycles. The number of aromatic nitrogens is 3. The largest absolute Gasteiger partial charge is 0.395 e. The van der Waals surface area contributed by atoms with Crippen molar-refractivity contribution in [1.29, 1.82) is 0 Å². The van der Waals surface area contributed by atoms with E-state index in [1.54, 1.807) is 6.33 Å². The van der Waals surface area contributed by atoms with Gasteiger partial charge in [0.1, 0.15) is 12.2 Å². The van der Waals surface area contributed by atoms with Crippen molar-refractivity contribution in [2.45, 2.75) is 32.1 Å². The van der Waals surface area contributed by atoms with Gasteiger partial charge in [-0.1, -0.05) is 0 Å². The number of aliphatic hydroxyl groups is 1. The Morgan fingerprint density at radius 3 is 3.07 bits per heavy atom. The highest BCUT2D eigenvalue weighted by Gasteiger charge is 2.26. The third-order valence-electron chi connectivity index (χ3n) is 2.93. The molecule has 0 fully saturated rings. The summed E-state index contributed by atoms with van der Waals surface area (Å²) in [6.07, 6.45) is 1.74. The number of hydrogen-bond donors (Lipinski definition) is 2. The molecular weight excluding hydrogens is 194 g/mol. The first-order valence-electron chi connectivity index (χ1n) is 5.19. The lowest BCUT2D eigenvalue weighted by molar-refractivity contribution is 0.0833. The summed E-state index contributed by atoms with van der Waals surface area (Å²) >= 11 is 0. The van der Waals surface area contributed by atoms with E-state index in [1.807, 2.05) is 11.5 Å². The number of nitrogens with zero attached hydrogens (tertiary/aromatic N) is 4. The van der Waals surface area contributed by atoms with E-state index in [0.717, 1.165) is 18.9 Å². The molecule has 15 heavy (non-hydrogen) atoms. The van der Waals surface area contributed by atoms with Gasteiger partial charge in [-0.3, -0.25) is 4.90 Å². The lowest BCUT2D eigenvalue weighted by Gasteiger charge is -2.35. The van der Waals surface area contributed by atoms with Crippen molar-refractivity contribution in [3.05, 3.63) is 12.2 Å². The first kappa shape index (κ1) is 10.5. The molecule has 1 aromatic heterocycles. The maximum absolute atomic E-state index is 9.28. The molecule has 3 N–H and O–H groups in total. The molecule has 0 radical (unpaired) electrons. The fourth-order valence-electron chi connectivity index (χ4n) is 1.98. The van der Waals surface area contributed by atoms with Crippen LogP contribution in [0.15, 0.2) is 6.33 Å². The Hall–Kier alpha value is -0.980. The van der Waals surface area contributed by atoms with Crippen LogP contribution in [0.4, 0.5) is 0 Å². The standard InChI is InChI=1S/C9H17N5O/c1-7(10)8(5-15)13-2-3-14-6-11-12-9(14)4-13/h6-8,15H,2-5,10H2,1H3. The molecule has 0 bridgehead atoms. The van der Waals surface area contributed by atoms with Gasteiger partial charge in [0.25, 0.3) is 0 Å². The van der Waals surface area contributed by atoms with Crippen LogP contribution in [0, 0.1) is 0 Å². The molecule has 0 amide bonds. The zero-order valence-electron chi connectivity index (χ0n) is 8.87. The van der Waals surface area contributed by atoms with Crippen LogP contribution in [0.5, 0.6) is 0 Å². The fraction of sp³-hybridized carbons (Fsp3) is 0.778. The minimum absolute atomic E-state index is 0.00968. The normalized spacial score (nSPS) is 21.0. The summed E-state index contributed by atoms with van der Waals surface area (Å²) in [4.78, 5) is 2.16. The van der Waals surface area contributed by atoms with E-state index < -0.39 is 0 Å². The molecule has 84 valence electrons. The molecule has 1 aliphatic rings. The quantitative estimate of drug-likeness (QED) is 0.656. The molecule has 6 heteroatoms. The zero-order valence-corrected chi connectivity index (χ0v) is 8.87. The summed E-state index contributed by atoms with van der Waals surface area (Å²) in [5.74, 6) is 0.945. The van der Waals surface area contributed by atoms with Crippen LogP contribution in [-0.2, 0) is 13.1 Å². The van der Waals surface area contributed by atoms with Crippen molar-refractivity contribution in [3.8, 4) is 0 Å². The summed E-state index contributed by atoms with van der Waals surface area (Å²) in [6.45, 7) is 4.47. The van der Waals surface area contributed by atoms with Gasteiger partial charge in [0.15, 0.2) is 0 Å². The average Bonchev–Trinajstić information content (AvgIpc) is 2.65. The maximum atomic E-state index is 9.28. The Kier molecular flexibility index (Phi) is 2.99. The SMILES string of the molecule is CC(N)C(CO)N1CCn2cnnc2C1. The monoisotopic (exact) mass is 211 g/mol. The Balaban J connectivity index is 2.08. The van der Waals surface area contributed by atoms with E-state index in [-0.39, 0.29) is 18.7 Å². The van der Waals surface area contributed by atoms with Crippen LogP contribution in [0.2, 0.25) is 0 Å². The molecule has 0 saturated heterocycles. The first-order chi connectivity index (χ1) is 7.22. The highest BCUT2D eigenvalue weighted by atomic mass is 16.3. The zero-order chi connectivity index (χ0) is 10.8. The molecule has 2 atom stereocenters. The molecule has 2 unspecified atom stereocenters. The predicted octanol–water partition coefficient (Wildman–Crippen LogP) is -1.20. The van der Waals surface area contributed by atoms with Crippen LogP contribution in [0.25, 0.3) is 0 Å². The topological polar surface area (TPSA) is 80.2 Å². The number of fused-ring (bicyclic) bond motifs is 1. The third kappa shape index (κ3) is 2.01. The maximum Gasteiger partial charge on any atom is 0.147 e. The minimum atomic E-state index is -0.0375. The fourth-order valence-corrected chi connectivity index (χ4v) is 1.98. The van der Waals surface area contributed by atoms with E-state index in [4.69, 9.17) is 5.73 Å². The number of aliphatic hydroxyl groups excluding tert-OH is 1. The van der Waals surface area contributed by atoms with Crippen molar-refractivity contribution in [2.75, 3.05) is 13.2 Å². The van der Waals surface area contributed by atoms with Crippen LogP contribution in [-0.4, -0.2) is 50.0 Å². The number of hydrogen-bond acceptors (Lipinski definition) is 5.